The van der Waals surface area contributed by atoms with Crippen LogP contribution in [0.15, 0.2) is 54.6 Å². The van der Waals surface area contributed by atoms with Crippen LogP contribution in [0.4, 0.5) is 0 Å². The van der Waals surface area contributed by atoms with E-state index in [2.05, 4.69) is 48.5 Å². The van der Waals surface area contributed by atoms with Crippen molar-refractivity contribution in [1.82, 2.24) is 0 Å². The Morgan fingerprint density at radius 2 is 1.57 bits per heavy atom. The van der Waals surface area contributed by atoms with Gasteiger partial charge in [-0.05, 0) is 47.8 Å². The third-order valence-corrected chi connectivity index (χ3v) is 4.55. The summed E-state index contributed by atoms with van der Waals surface area (Å²) in [7, 11) is 0. The highest BCUT2D eigenvalue weighted by Crippen LogP contribution is 2.48. The molecular weight excluding hydrogens is 258 g/mol. The van der Waals surface area contributed by atoms with Crippen molar-refractivity contribution in [3.05, 3.63) is 60.2 Å². The second kappa shape index (κ2) is 6.00. The summed E-state index contributed by atoms with van der Waals surface area (Å²) in [6, 6.07) is 19.2. The molecule has 1 unspecified atom stereocenters. The Bertz CT molecular complexity index is 572. The summed E-state index contributed by atoms with van der Waals surface area (Å²) in [5.74, 6) is 0. The molecule has 1 atom stereocenters. The molecular formula is C19H23NO. The molecule has 2 aromatic carbocycles. The summed E-state index contributed by atoms with van der Waals surface area (Å²) in [5.41, 5.74) is 10.1. The minimum absolute atomic E-state index is 0.141. The maximum atomic E-state index is 9.38. The van der Waals surface area contributed by atoms with Gasteiger partial charge in [0.15, 0.2) is 0 Å². The molecule has 3 N–H and O–H groups in total. The first-order valence-corrected chi connectivity index (χ1v) is 7.72. The van der Waals surface area contributed by atoms with Gasteiger partial charge in [0, 0.05) is 12.6 Å². The fourth-order valence-corrected chi connectivity index (χ4v) is 3.00. The van der Waals surface area contributed by atoms with Gasteiger partial charge in [0.25, 0.3) is 0 Å². The van der Waals surface area contributed by atoms with Gasteiger partial charge in [-0.25, -0.2) is 0 Å². The number of hydrogen-bond acceptors (Lipinski definition) is 2. The normalized spacial score (nSPS) is 17.4. The van der Waals surface area contributed by atoms with Crippen LogP contribution >= 0.6 is 0 Å². The van der Waals surface area contributed by atoms with Gasteiger partial charge in [0.2, 0.25) is 0 Å². The molecule has 1 aliphatic rings. The maximum absolute atomic E-state index is 9.38. The Morgan fingerprint density at radius 1 is 0.952 bits per heavy atom. The van der Waals surface area contributed by atoms with Crippen molar-refractivity contribution in [2.75, 3.05) is 6.61 Å². The van der Waals surface area contributed by atoms with Crippen LogP contribution in [-0.4, -0.2) is 17.8 Å². The van der Waals surface area contributed by atoms with Crippen molar-refractivity contribution < 1.29 is 5.11 Å². The van der Waals surface area contributed by atoms with Crippen molar-refractivity contribution in [3.63, 3.8) is 0 Å². The van der Waals surface area contributed by atoms with E-state index < -0.39 is 0 Å². The number of benzene rings is 2. The molecule has 0 radical (unpaired) electrons. The Kier molecular flexibility index (Phi) is 4.09. The number of hydrogen-bond donors (Lipinski definition) is 2. The quantitative estimate of drug-likeness (QED) is 0.852. The third kappa shape index (κ3) is 3.52. The summed E-state index contributed by atoms with van der Waals surface area (Å²) < 4.78 is 0. The molecule has 2 nitrogen and oxygen atoms in total. The lowest BCUT2D eigenvalue weighted by Gasteiger charge is -2.18. The molecule has 110 valence electrons. The Morgan fingerprint density at radius 3 is 2.14 bits per heavy atom. The molecule has 2 heteroatoms. The van der Waals surface area contributed by atoms with Gasteiger partial charge in [-0.3, -0.25) is 0 Å². The molecule has 0 aromatic heterocycles. The summed E-state index contributed by atoms with van der Waals surface area (Å²) in [6.45, 7) is 0.285. The van der Waals surface area contributed by atoms with Crippen molar-refractivity contribution >= 4 is 0 Å². The van der Waals surface area contributed by atoms with Crippen molar-refractivity contribution in [1.29, 1.82) is 0 Å². The first kappa shape index (κ1) is 14.3. The van der Waals surface area contributed by atoms with E-state index in [1.165, 1.54) is 16.7 Å². The maximum Gasteiger partial charge on any atom is 0.0488 e. The summed E-state index contributed by atoms with van der Waals surface area (Å²) in [6.07, 6.45) is 4.08. The zero-order valence-electron chi connectivity index (χ0n) is 12.3. The van der Waals surface area contributed by atoms with Crippen molar-refractivity contribution in [2.24, 2.45) is 11.1 Å². The molecule has 21 heavy (non-hydrogen) atoms. The number of rotatable bonds is 6. The lowest BCUT2D eigenvalue weighted by molar-refractivity contribution is 0.195. The third-order valence-electron chi connectivity index (χ3n) is 4.55. The van der Waals surface area contributed by atoms with Crippen LogP contribution < -0.4 is 5.73 Å². The van der Waals surface area contributed by atoms with Gasteiger partial charge in [-0.1, -0.05) is 54.6 Å². The van der Waals surface area contributed by atoms with E-state index in [1.807, 2.05) is 6.07 Å². The standard InChI is InChI=1S/C19H23NO/c20-18(13-19(14-21)10-11-19)12-15-6-8-17(9-7-15)16-4-2-1-3-5-16/h1-9,18,21H,10-14,20H2. The van der Waals surface area contributed by atoms with Crippen molar-refractivity contribution in [2.45, 2.75) is 31.7 Å². The van der Waals surface area contributed by atoms with Crippen LogP contribution in [0.1, 0.15) is 24.8 Å². The van der Waals surface area contributed by atoms with Crippen LogP contribution in [0.25, 0.3) is 11.1 Å². The number of nitrogens with two attached hydrogens (primary N) is 1. The highest BCUT2D eigenvalue weighted by molar-refractivity contribution is 5.63. The molecule has 2 aromatic rings. The minimum atomic E-state index is 0.141. The highest BCUT2D eigenvalue weighted by atomic mass is 16.3. The van der Waals surface area contributed by atoms with E-state index in [9.17, 15) is 5.11 Å². The largest absolute Gasteiger partial charge is 0.396 e. The van der Waals surface area contributed by atoms with Crippen LogP contribution in [0, 0.1) is 5.41 Å². The lowest BCUT2D eigenvalue weighted by Crippen LogP contribution is -2.28. The fraction of sp³-hybridized carbons (Fsp3) is 0.368. The second-order valence-electron chi connectivity index (χ2n) is 6.39. The first-order chi connectivity index (χ1) is 10.2. The van der Waals surface area contributed by atoms with Crippen molar-refractivity contribution in [3.8, 4) is 11.1 Å². The molecule has 3 rings (SSSR count). The van der Waals surface area contributed by atoms with E-state index in [-0.39, 0.29) is 18.1 Å². The lowest BCUT2D eigenvalue weighted by atomic mass is 9.93. The molecule has 1 aliphatic carbocycles. The summed E-state index contributed by atoms with van der Waals surface area (Å²) in [4.78, 5) is 0. The average Bonchev–Trinajstić information content (AvgIpc) is 3.29. The van der Waals surface area contributed by atoms with Gasteiger partial charge >= 0.3 is 0 Å². The van der Waals surface area contributed by atoms with Gasteiger partial charge < -0.3 is 10.8 Å². The van der Waals surface area contributed by atoms with Gasteiger partial charge in [-0.15, -0.1) is 0 Å². The first-order valence-electron chi connectivity index (χ1n) is 7.72. The molecule has 0 heterocycles. The smallest absolute Gasteiger partial charge is 0.0488 e. The molecule has 1 fully saturated rings. The minimum Gasteiger partial charge on any atom is -0.396 e. The van der Waals surface area contributed by atoms with E-state index in [0.717, 1.165) is 25.7 Å². The van der Waals surface area contributed by atoms with Gasteiger partial charge in [0.05, 0.1) is 0 Å². The monoisotopic (exact) mass is 281 g/mol. The molecule has 0 aliphatic heterocycles. The van der Waals surface area contributed by atoms with Gasteiger partial charge in [0.1, 0.15) is 0 Å². The topological polar surface area (TPSA) is 46.2 Å². The molecule has 1 saturated carbocycles. The van der Waals surface area contributed by atoms with Gasteiger partial charge in [-0.2, -0.15) is 0 Å². The summed E-state index contributed by atoms with van der Waals surface area (Å²) >= 11 is 0. The van der Waals surface area contributed by atoms with Crippen LogP contribution in [0.2, 0.25) is 0 Å². The molecule has 0 spiro atoms. The average molecular weight is 281 g/mol. The van der Waals surface area contributed by atoms with Crippen LogP contribution in [0.3, 0.4) is 0 Å². The Balaban J connectivity index is 1.62. The predicted octanol–water partition coefficient (Wildman–Crippen LogP) is 3.39. The second-order valence-corrected chi connectivity index (χ2v) is 6.39. The fourth-order valence-electron chi connectivity index (χ4n) is 3.00. The Hall–Kier alpha value is -1.64. The molecule has 0 saturated heterocycles. The Labute approximate surface area is 126 Å². The molecule has 0 amide bonds. The number of aliphatic hydroxyl groups excluding tert-OH is 1. The zero-order valence-corrected chi connectivity index (χ0v) is 12.3. The predicted molar refractivity (Wildman–Crippen MR) is 86.9 cm³/mol. The van der Waals surface area contributed by atoms with E-state index in [4.69, 9.17) is 5.73 Å². The van der Waals surface area contributed by atoms with Crippen LogP contribution in [-0.2, 0) is 6.42 Å². The molecule has 0 bridgehead atoms. The van der Waals surface area contributed by atoms with Crippen LogP contribution in [0.5, 0.6) is 0 Å². The van der Waals surface area contributed by atoms with E-state index in [0.29, 0.717) is 0 Å². The van der Waals surface area contributed by atoms with E-state index >= 15 is 0 Å². The SMILES string of the molecule is NC(Cc1ccc(-c2ccccc2)cc1)CC1(CO)CC1. The van der Waals surface area contributed by atoms with E-state index in [1.54, 1.807) is 0 Å². The zero-order chi connectivity index (χ0) is 14.7. The highest BCUT2D eigenvalue weighted by Gasteiger charge is 2.42. The summed E-state index contributed by atoms with van der Waals surface area (Å²) in [5, 5.41) is 9.38. The number of aliphatic hydroxyl groups is 1.